The van der Waals surface area contributed by atoms with Crippen LogP contribution in [0.25, 0.3) is 12.2 Å². The van der Waals surface area contributed by atoms with Crippen molar-refractivity contribution in [1.82, 2.24) is 10.1 Å². The molecule has 0 saturated carbocycles. The molecule has 2 rings (SSSR count). The smallest absolute Gasteiger partial charge is 0.159 e. The molecule has 4 heteroatoms. The second-order valence-electron chi connectivity index (χ2n) is 4.92. The number of aryl methyl sites for hydroxylation is 1. The van der Waals surface area contributed by atoms with Crippen LogP contribution < -0.4 is 4.74 Å². The van der Waals surface area contributed by atoms with Crippen LogP contribution in [-0.4, -0.2) is 37.3 Å². The van der Waals surface area contributed by atoms with Crippen LogP contribution in [0.4, 0.5) is 0 Å². The van der Waals surface area contributed by atoms with Crippen molar-refractivity contribution in [3.63, 3.8) is 0 Å². The number of hydrogen-bond acceptors (Lipinski definition) is 4. The van der Waals surface area contributed by atoms with E-state index >= 15 is 0 Å². The van der Waals surface area contributed by atoms with E-state index < -0.39 is 0 Å². The summed E-state index contributed by atoms with van der Waals surface area (Å²) >= 11 is 0. The van der Waals surface area contributed by atoms with E-state index in [0.29, 0.717) is 6.61 Å². The van der Waals surface area contributed by atoms with E-state index in [2.05, 4.69) is 10.1 Å². The van der Waals surface area contributed by atoms with Gasteiger partial charge in [-0.25, -0.2) is 0 Å². The Bertz CT molecular complexity index is 556. The van der Waals surface area contributed by atoms with Crippen LogP contribution in [-0.2, 0) is 0 Å². The number of benzene rings is 1. The molecule has 0 aliphatic carbocycles. The van der Waals surface area contributed by atoms with Gasteiger partial charge in [-0.3, -0.25) is 0 Å². The van der Waals surface area contributed by atoms with Crippen molar-refractivity contribution in [2.75, 3.05) is 27.2 Å². The molecular weight excluding hydrogens is 252 g/mol. The molecule has 0 amide bonds. The van der Waals surface area contributed by atoms with Gasteiger partial charge in [0.25, 0.3) is 0 Å². The fourth-order valence-electron chi connectivity index (χ4n) is 1.66. The second kappa shape index (κ2) is 6.91. The van der Waals surface area contributed by atoms with Crippen LogP contribution in [0.5, 0.6) is 5.75 Å². The van der Waals surface area contributed by atoms with Crippen molar-refractivity contribution in [2.24, 2.45) is 0 Å². The summed E-state index contributed by atoms with van der Waals surface area (Å²) in [5.41, 5.74) is 1.98. The Labute approximate surface area is 119 Å². The molecule has 0 radical (unpaired) electrons. The lowest BCUT2D eigenvalue weighted by Gasteiger charge is -2.10. The Morgan fingerprint density at radius 1 is 1.20 bits per heavy atom. The maximum atomic E-state index is 5.64. The van der Waals surface area contributed by atoms with Gasteiger partial charge < -0.3 is 14.2 Å². The molecule has 0 atom stereocenters. The lowest BCUT2D eigenvalue weighted by molar-refractivity contribution is 0.261. The van der Waals surface area contributed by atoms with Crippen LogP contribution in [0.1, 0.15) is 17.0 Å². The molecule has 1 aromatic carbocycles. The largest absolute Gasteiger partial charge is 0.492 e. The zero-order valence-electron chi connectivity index (χ0n) is 12.2. The molecule has 106 valence electrons. The molecule has 0 unspecified atom stereocenters. The molecule has 0 N–H and O–H groups in total. The Morgan fingerprint density at radius 2 is 1.95 bits per heavy atom. The van der Waals surface area contributed by atoms with Gasteiger partial charge >= 0.3 is 0 Å². The van der Waals surface area contributed by atoms with Gasteiger partial charge in [-0.1, -0.05) is 23.4 Å². The molecule has 4 nitrogen and oxygen atoms in total. The summed E-state index contributed by atoms with van der Waals surface area (Å²) in [6.07, 6.45) is 3.89. The number of aromatic nitrogens is 1. The number of nitrogens with zero attached hydrogens (tertiary/aromatic N) is 2. The molecule has 0 aliphatic heterocycles. The molecular formula is C16H20N2O2. The molecule has 2 aromatic rings. The fourth-order valence-corrected chi connectivity index (χ4v) is 1.66. The SMILES string of the molecule is Cc1cc(/C=C/c2ccc(OCCN(C)C)cc2)on1. The molecule has 0 spiro atoms. The van der Waals surface area contributed by atoms with Gasteiger partial charge in [-0.05, 0) is 44.8 Å². The van der Waals surface area contributed by atoms with Crippen molar-refractivity contribution in [3.05, 3.63) is 47.3 Å². The third-order valence-corrected chi connectivity index (χ3v) is 2.77. The van der Waals surface area contributed by atoms with E-state index in [9.17, 15) is 0 Å². The van der Waals surface area contributed by atoms with Crippen LogP contribution in [0.15, 0.2) is 34.9 Å². The van der Waals surface area contributed by atoms with Crippen molar-refractivity contribution < 1.29 is 9.26 Å². The Morgan fingerprint density at radius 3 is 2.55 bits per heavy atom. The van der Waals surface area contributed by atoms with Gasteiger partial charge in [0.2, 0.25) is 0 Å². The summed E-state index contributed by atoms with van der Waals surface area (Å²) in [5, 5.41) is 3.84. The van der Waals surface area contributed by atoms with E-state index in [1.165, 1.54) is 0 Å². The highest BCUT2D eigenvalue weighted by molar-refractivity contribution is 5.67. The van der Waals surface area contributed by atoms with Crippen LogP contribution >= 0.6 is 0 Å². The van der Waals surface area contributed by atoms with Crippen molar-refractivity contribution in [3.8, 4) is 5.75 Å². The Balaban J connectivity index is 1.89. The highest BCUT2D eigenvalue weighted by Crippen LogP contribution is 2.14. The van der Waals surface area contributed by atoms with Gasteiger partial charge in [0.05, 0.1) is 5.69 Å². The first-order valence-corrected chi connectivity index (χ1v) is 6.62. The molecule has 1 aromatic heterocycles. The summed E-state index contributed by atoms with van der Waals surface area (Å²) in [7, 11) is 4.06. The van der Waals surface area contributed by atoms with E-state index in [4.69, 9.17) is 9.26 Å². The van der Waals surface area contributed by atoms with Crippen molar-refractivity contribution >= 4 is 12.2 Å². The average Bonchev–Trinajstić information content (AvgIpc) is 2.83. The fraction of sp³-hybridized carbons (Fsp3) is 0.312. The van der Waals surface area contributed by atoms with Crippen molar-refractivity contribution in [1.29, 1.82) is 0 Å². The first-order chi connectivity index (χ1) is 9.63. The maximum absolute atomic E-state index is 5.64. The lowest BCUT2D eigenvalue weighted by Crippen LogP contribution is -2.19. The van der Waals surface area contributed by atoms with Crippen LogP contribution in [0, 0.1) is 6.92 Å². The molecule has 0 aliphatic rings. The van der Waals surface area contributed by atoms with Gasteiger partial charge in [0.1, 0.15) is 12.4 Å². The normalized spacial score (nSPS) is 11.4. The minimum atomic E-state index is 0.694. The molecule has 0 bridgehead atoms. The zero-order chi connectivity index (χ0) is 14.4. The number of likely N-dealkylation sites (N-methyl/N-ethyl adjacent to an activating group) is 1. The second-order valence-corrected chi connectivity index (χ2v) is 4.92. The van der Waals surface area contributed by atoms with E-state index in [1.54, 1.807) is 0 Å². The summed E-state index contributed by atoms with van der Waals surface area (Å²) in [6, 6.07) is 9.88. The number of ether oxygens (including phenoxy) is 1. The van der Waals surface area contributed by atoms with Gasteiger partial charge in [0.15, 0.2) is 5.76 Å². The Kier molecular flexibility index (Phi) is 4.96. The number of rotatable bonds is 6. The minimum absolute atomic E-state index is 0.694. The minimum Gasteiger partial charge on any atom is -0.492 e. The van der Waals surface area contributed by atoms with Crippen molar-refractivity contribution in [2.45, 2.75) is 6.92 Å². The van der Waals surface area contributed by atoms with Crippen LogP contribution in [0.2, 0.25) is 0 Å². The lowest BCUT2D eigenvalue weighted by atomic mass is 10.2. The third kappa shape index (κ3) is 4.55. The van der Waals surface area contributed by atoms with Crippen LogP contribution in [0.3, 0.4) is 0 Å². The predicted molar refractivity (Wildman–Crippen MR) is 80.7 cm³/mol. The average molecular weight is 272 g/mol. The topological polar surface area (TPSA) is 38.5 Å². The first-order valence-electron chi connectivity index (χ1n) is 6.62. The van der Waals surface area contributed by atoms with Gasteiger partial charge in [-0.15, -0.1) is 0 Å². The van der Waals surface area contributed by atoms with Gasteiger partial charge in [0, 0.05) is 12.6 Å². The molecule has 0 saturated heterocycles. The monoisotopic (exact) mass is 272 g/mol. The summed E-state index contributed by atoms with van der Waals surface area (Å²) in [4.78, 5) is 2.09. The zero-order valence-corrected chi connectivity index (χ0v) is 12.2. The highest BCUT2D eigenvalue weighted by Gasteiger charge is 1.97. The standard InChI is InChI=1S/C16H20N2O2/c1-13-12-16(20-17-13)9-6-14-4-7-15(8-5-14)19-11-10-18(2)3/h4-9,12H,10-11H2,1-3H3/b9-6+. The number of hydrogen-bond donors (Lipinski definition) is 0. The quantitative estimate of drug-likeness (QED) is 0.810. The summed E-state index contributed by atoms with van der Waals surface area (Å²) in [5.74, 6) is 1.65. The molecule has 1 heterocycles. The first kappa shape index (κ1) is 14.3. The molecule has 0 fully saturated rings. The maximum Gasteiger partial charge on any atom is 0.159 e. The van der Waals surface area contributed by atoms with E-state index in [-0.39, 0.29) is 0 Å². The van der Waals surface area contributed by atoms with Gasteiger partial charge in [-0.2, -0.15) is 0 Å². The highest BCUT2D eigenvalue weighted by atomic mass is 16.5. The summed E-state index contributed by atoms with van der Waals surface area (Å²) < 4.78 is 10.8. The third-order valence-electron chi connectivity index (χ3n) is 2.77. The van der Waals surface area contributed by atoms with E-state index in [0.717, 1.165) is 29.3 Å². The Hall–Kier alpha value is -2.07. The summed E-state index contributed by atoms with van der Waals surface area (Å²) in [6.45, 7) is 3.51. The molecule has 20 heavy (non-hydrogen) atoms. The predicted octanol–water partition coefficient (Wildman–Crippen LogP) is 3.09. The van der Waals surface area contributed by atoms with E-state index in [1.807, 2.05) is 63.5 Å².